The van der Waals surface area contributed by atoms with E-state index in [2.05, 4.69) is 4.90 Å². The van der Waals surface area contributed by atoms with Crippen molar-refractivity contribution in [2.75, 3.05) is 27.2 Å². The minimum atomic E-state index is -3.41. The maximum Gasteiger partial charge on any atom is 0.252 e. The fraction of sp³-hybridized carbons (Fsp3) is 0.583. The van der Waals surface area contributed by atoms with Gasteiger partial charge < -0.3 is 10.6 Å². The summed E-state index contributed by atoms with van der Waals surface area (Å²) in [6.07, 6.45) is 1.72. The van der Waals surface area contributed by atoms with Crippen LogP contribution in [0.4, 0.5) is 0 Å². The minimum absolute atomic E-state index is 0.239. The summed E-state index contributed by atoms with van der Waals surface area (Å²) < 4.78 is 27.0. The molecular formula is C12H19N3O2S3. The van der Waals surface area contributed by atoms with Crippen LogP contribution in [-0.2, 0) is 10.0 Å². The Hall–Kier alpha value is -0.540. The summed E-state index contributed by atoms with van der Waals surface area (Å²) in [5.41, 5.74) is 5.53. The average Bonchev–Trinajstić information content (AvgIpc) is 2.89. The van der Waals surface area contributed by atoms with Gasteiger partial charge in [0.25, 0.3) is 10.0 Å². The molecule has 5 nitrogen and oxygen atoms in total. The monoisotopic (exact) mass is 333 g/mol. The molecule has 8 heteroatoms. The van der Waals surface area contributed by atoms with E-state index in [9.17, 15) is 8.42 Å². The van der Waals surface area contributed by atoms with Gasteiger partial charge >= 0.3 is 0 Å². The van der Waals surface area contributed by atoms with Crippen molar-refractivity contribution < 1.29 is 8.42 Å². The molecule has 0 atom stereocenters. The second kappa shape index (κ2) is 6.07. The van der Waals surface area contributed by atoms with Gasteiger partial charge in [-0.05, 0) is 39.1 Å². The van der Waals surface area contributed by atoms with E-state index in [1.807, 2.05) is 14.1 Å². The number of rotatable bonds is 4. The van der Waals surface area contributed by atoms with Crippen molar-refractivity contribution in [3.05, 3.63) is 17.0 Å². The van der Waals surface area contributed by atoms with Crippen LogP contribution in [0.1, 0.15) is 17.7 Å². The summed E-state index contributed by atoms with van der Waals surface area (Å²) in [4.78, 5) is 3.03. The third-order valence-electron chi connectivity index (χ3n) is 3.57. The molecule has 20 heavy (non-hydrogen) atoms. The van der Waals surface area contributed by atoms with Gasteiger partial charge in [0.1, 0.15) is 9.20 Å². The van der Waals surface area contributed by atoms with Crippen molar-refractivity contribution in [3.8, 4) is 0 Å². The van der Waals surface area contributed by atoms with E-state index in [0.717, 1.165) is 24.2 Å². The summed E-state index contributed by atoms with van der Waals surface area (Å²) in [5.74, 6) is 0. The topological polar surface area (TPSA) is 66.6 Å². The second-order valence-electron chi connectivity index (χ2n) is 5.08. The van der Waals surface area contributed by atoms with Crippen molar-refractivity contribution in [1.29, 1.82) is 0 Å². The molecule has 0 aromatic carbocycles. The molecule has 1 aromatic heterocycles. The van der Waals surface area contributed by atoms with Crippen molar-refractivity contribution >= 4 is 38.6 Å². The number of hydrogen-bond acceptors (Lipinski definition) is 5. The zero-order valence-electron chi connectivity index (χ0n) is 11.6. The van der Waals surface area contributed by atoms with Crippen LogP contribution in [0.25, 0.3) is 0 Å². The lowest BCUT2D eigenvalue weighted by atomic mass is 10.1. The van der Waals surface area contributed by atoms with E-state index in [1.54, 1.807) is 16.4 Å². The molecule has 0 unspecified atom stereocenters. The lowest BCUT2D eigenvalue weighted by molar-refractivity contribution is 0.197. The van der Waals surface area contributed by atoms with Gasteiger partial charge in [-0.15, -0.1) is 11.3 Å². The van der Waals surface area contributed by atoms with Gasteiger partial charge in [0, 0.05) is 19.1 Å². The fourth-order valence-corrected chi connectivity index (χ4v) is 5.29. The Morgan fingerprint density at radius 3 is 2.45 bits per heavy atom. The average molecular weight is 334 g/mol. The SMILES string of the molecule is CN(C)C1CCN(S(=O)(=O)c2ccc(C(N)=S)s2)CC1. The number of thiophene rings is 1. The van der Waals surface area contributed by atoms with E-state index < -0.39 is 10.0 Å². The van der Waals surface area contributed by atoms with Crippen LogP contribution >= 0.6 is 23.6 Å². The molecule has 0 radical (unpaired) electrons. The van der Waals surface area contributed by atoms with Gasteiger partial charge in [0.05, 0.1) is 4.88 Å². The third-order valence-corrected chi connectivity index (χ3v) is 7.41. The number of thiocarbonyl (C=S) groups is 1. The number of nitrogens with two attached hydrogens (primary N) is 1. The zero-order valence-corrected chi connectivity index (χ0v) is 14.0. The number of sulfonamides is 1. The molecule has 112 valence electrons. The molecule has 0 amide bonds. The summed E-state index contributed by atoms with van der Waals surface area (Å²) in [7, 11) is 0.655. The highest BCUT2D eigenvalue weighted by Crippen LogP contribution is 2.27. The molecule has 1 aromatic rings. The van der Waals surface area contributed by atoms with Crippen LogP contribution in [-0.4, -0.2) is 55.8 Å². The molecule has 2 rings (SSSR count). The van der Waals surface area contributed by atoms with Crippen LogP contribution in [0.5, 0.6) is 0 Å². The predicted molar refractivity (Wildman–Crippen MR) is 85.7 cm³/mol. The summed E-state index contributed by atoms with van der Waals surface area (Å²) in [5, 5.41) is 0. The number of nitrogens with zero attached hydrogens (tertiary/aromatic N) is 2. The first-order valence-electron chi connectivity index (χ1n) is 6.38. The molecule has 0 bridgehead atoms. The van der Waals surface area contributed by atoms with Crippen molar-refractivity contribution in [2.45, 2.75) is 23.1 Å². The molecule has 2 heterocycles. The summed E-state index contributed by atoms with van der Waals surface area (Å²) in [6, 6.07) is 3.72. The van der Waals surface area contributed by atoms with Crippen LogP contribution in [0.15, 0.2) is 16.3 Å². The van der Waals surface area contributed by atoms with E-state index in [-0.39, 0.29) is 4.99 Å². The number of hydrogen-bond donors (Lipinski definition) is 1. The Bertz CT molecular complexity index is 587. The molecule has 0 aliphatic carbocycles. The van der Waals surface area contributed by atoms with Gasteiger partial charge in [-0.3, -0.25) is 0 Å². The molecule has 1 aliphatic rings. The first-order chi connectivity index (χ1) is 9.32. The highest BCUT2D eigenvalue weighted by atomic mass is 32.2. The largest absolute Gasteiger partial charge is 0.389 e. The van der Waals surface area contributed by atoms with Crippen LogP contribution in [0.3, 0.4) is 0 Å². The summed E-state index contributed by atoms with van der Waals surface area (Å²) in [6.45, 7) is 1.12. The quantitative estimate of drug-likeness (QED) is 0.836. The number of piperidine rings is 1. The Kier molecular flexibility index (Phi) is 4.80. The lowest BCUT2D eigenvalue weighted by Crippen LogP contribution is -2.44. The van der Waals surface area contributed by atoms with E-state index in [1.165, 1.54) is 0 Å². The van der Waals surface area contributed by atoms with E-state index >= 15 is 0 Å². The van der Waals surface area contributed by atoms with E-state index in [0.29, 0.717) is 28.2 Å². The van der Waals surface area contributed by atoms with Crippen molar-refractivity contribution in [1.82, 2.24) is 9.21 Å². The van der Waals surface area contributed by atoms with Gasteiger partial charge in [0.15, 0.2) is 0 Å². The minimum Gasteiger partial charge on any atom is -0.389 e. The summed E-state index contributed by atoms with van der Waals surface area (Å²) >= 11 is 6.02. The first kappa shape index (κ1) is 15.8. The first-order valence-corrected chi connectivity index (χ1v) is 9.05. The third kappa shape index (κ3) is 3.20. The van der Waals surface area contributed by atoms with Gasteiger partial charge in [0.2, 0.25) is 0 Å². The van der Waals surface area contributed by atoms with Crippen molar-refractivity contribution in [2.24, 2.45) is 5.73 Å². The molecule has 1 aliphatic heterocycles. The van der Waals surface area contributed by atoms with Crippen LogP contribution < -0.4 is 5.73 Å². The lowest BCUT2D eigenvalue weighted by Gasteiger charge is -2.34. The normalized spacial score (nSPS) is 18.6. The maximum atomic E-state index is 12.5. The highest BCUT2D eigenvalue weighted by Gasteiger charge is 2.31. The van der Waals surface area contributed by atoms with Gasteiger partial charge in [-0.2, -0.15) is 4.31 Å². The van der Waals surface area contributed by atoms with Crippen LogP contribution in [0, 0.1) is 0 Å². The smallest absolute Gasteiger partial charge is 0.252 e. The fourth-order valence-electron chi connectivity index (χ4n) is 2.32. The molecular weight excluding hydrogens is 314 g/mol. The predicted octanol–water partition coefficient (Wildman–Crippen LogP) is 1.10. The standard InChI is InChI=1S/C12H19N3O2S3/c1-14(2)9-5-7-15(8-6-9)20(16,17)11-4-3-10(19-11)12(13)18/h3-4,9H,5-8H2,1-2H3,(H2,13,18). The van der Waals surface area contributed by atoms with E-state index in [4.69, 9.17) is 18.0 Å². The molecule has 0 saturated carbocycles. The Morgan fingerprint density at radius 2 is 2.00 bits per heavy atom. The van der Waals surface area contributed by atoms with Gasteiger partial charge in [-0.25, -0.2) is 8.42 Å². The van der Waals surface area contributed by atoms with Crippen molar-refractivity contribution in [3.63, 3.8) is 0 Å². The molecule has 2 N–H and O–H groups in total. The Labute approximate surface area is 129 Å². The maximum absolute atomic E-state index is 12.5. The second-order valence-corrected chi connectivity index (χ2v) is 8.77. The zero-order chi connectivity index (χ0) is 14.9. The highest BCUT2D eigenvalue weighted by molar-refractivity contribution is 7.91. The van der Waals surface area contributed by atoms with Crippen LogP contribution in [0.2, 0.25) is 0 Å². The Morgan fingerprint density at radius 1 is 1.40 bits per heavy atom. The molecule has 1 fully saturated rings. The molecule has 1 saturated heterocycles. The van der Waals surface area contributed by atoms with Gasteiger partial charge in [-0.1, -0.05) is 12.2 Å². The molecule has 0 spiro atoms. The Balaban J connectivity index is 2.13.